The van der Waals surface area contributed by atoms with Crippen molar-refractivity contribution in [3.63, 3.8) is 0 Å². The molecule has 0 bridgehead atoms. The zero-order valence-corrected chi connectivity index (χ0v) is 30.6. The van der Waals surface area contributed by atoms with E-state index in [0.717, 1.165) is 0 Å². The van der Waals surface area contributed by atoms with Gasteiger partial charge in [-0.05, 0) is 62.5 Å². The van der Waals surface area contributed by atoms with Crippen LogP contribution in [-0.2, 0) is 24.4 Å². The Balaban J connectivity index is 1.33. The van der Waals surface area contributed by atoms with Crippen LogP contribution in [-0.4, -0.2) is 96.0 Å². The highest BCUT2D eigenvalue weighted by atomic mass is 35.5. The Morgan fingerprint density at radius 1 is 1.19 bits per heavy atom. The Hall–Kier alpha value is -4.18. The number of carboxylic acid groups (broad SMARTS) is 1. The van der Waals surface area contributed by atoms with Crippen LogP contribution in [0.15, 0.2) is 36.4 Å². The number of hydrogen-bond acceptors (Lipinski definition) is 9. The molecule has 17 heteroatoms. The molecule has 3 heterocycles. The number of rotatable bonds is 8. The second kappa shape index (κ2) is 14.3. The molecule has 2 aromatic rings. The van der Waals surface area contributed by atoms with E-state index < -0.39 is 80.8 Å². The number of pyridine rings is 1. The number of methoxy groups -OCH3 is 1. The van der Waals surface area contributed by atoms with Gasteiger partial charge in [0.1, 0.15) is 40.9 Å². The first-order valence-electron chi connectivity index (χ1n) is 17.3. The van der Waals surface area contributed by atoms with Crippen molar-refractivity contribution in [3.05, 3.63) is 41.4 Å². The van der Waals surface area contributed by atoms with Gasteiger partial charge in [0, 0.05) is 29.9 Å². The third-order valence-corrected chi connectivity index (χ3v) is 13.2. The number of carbonyl (C=O) groups is 4. The minimum atomic E-state index is -4.39. The molecule has 4 amide bonds. The number of nitrogens with zero attached hydrogens (tertiary/aromatic N) is 2. The first-order chi connectivity index (χ1) is 24.6. The topological polar surface area (TPSA) is 193 Å². The SMILES string of the molecule is COc1ccc2c(Cl)cc(O[C@@H]3C[C@H]4C(=O)N[C@]5(C(=O)NS(=O)(=O)C6(CF)CC6)C[C@H]5C=CCC[C@@H](C)C[C@@H](C)[C@H](NC(=O)O)C(=O)N4C3)nc2c1. The molecule has 2 saturated carbocycles. The molecule has 0 spiro atoms. The molecule has 0 unspecified atom stereocenters. The quantitative estimate of drug-likeness (QED) is 0.288. The second-order valence-corrected chi connectivity index (χ2v) is 17.1. The smallest absolute Gasteiger partial charge is 0.405 e. The molecule has 2 aliphatic heterocycles. The maximum Gasteiger partial charge on any atom is 0.405 e. The van der Waals surface area contributed by atoms with Crippen molar-refractivity contribution in [1.82, 2.24) is 25.2 Å². The van der Waals surface area contributed by atoms with Crippen LogP contribution in [0.5, 0.6) is 11.6 Å². The summed E-state index contributed by atoms with van der Waals surface area (Å²) < 4.78 is 51.8. The molecular formula is C35H43ClFN5O9S. The number of sulfonamides is 1. The van der Waals surface area contributed by atoms with Crippen LogP contribution in [0.4, 0.5) is 9.18 Å². The van der Waals surface area contributed by atoms with E-state index in [1.165, 1.54) is 18.1 Å². The molecule has 282 valence electrons. The number of fused-ring (bicyclic) bond motifs is 3. The molecule has 7 atom stereocenters. The van der Waals surface area contributed by atoms with Crippen molar-refractivity contribution in [2.45, 2.75) is 87.3 Å². The van der Waals surface area contributed by atoms with Gasteiger partial charge < -0.3 is 30.1 Å². The first-order valence-corrected chi connectivity index (χ1v) is 19.2. The minimum Gasteiger partial charge on any atom is -0.497 e. The van der Waals surface area contributed by atoms with E-state index >= 15 is 0 Å². The van der Waals surface area contributed by atoms with Crippen molar-refractivity contribution in [3.8, 4) is 11.6 Å². The molecule has 4 N–H and O–H groups in total. The number of benzene rings is 1. The van der Waals surface area contributed by atoms with Crippen molar-refractivity contribution in [2.75, 3.05) is 20.3 Å². The summed E-state index contributed by atoms with van der Waals surface area (Å²) in [5.41, 5.74) is -1.20. The molecule has 1 aromatic carbocycles. The van der Waals surface area contributed by atoms with Gasteiger partial charge in [0.05, 0.1) is 24.2 Å². The monoisotopic (exact) mass is 763 g/mol. The number of allylic oxidation sites excluding steroid dienone is 1. The molecule has 52 heavy (non-hydrogen) atoms. The summed E-state index contributed by atoms with van der Waals surface area (Å²) in [6.07, 6.45) is 3.36. The zero-order valence-electron chi connectivity index (χ0n) is 29.1. The highest BCUT2D eigenvalue weighted by molar-refractivity contribution is 7.91. The van der Waals surface area contributed by atoms with Crippen LogP contribution in [0.25, 0.3) is 10.9 Å². The van der Waals surface area contributed by atoms with Gasteiger partial charge in [-0.25, -0.2) is 22.6 Å². The molecule has 14 nitrogen and oxygen atoms in total. The predicted molar refractivity (Wildman–Crippen MR) is 188 cm³/mol. The fraction of sp³-hybridized carbons (Fsp3) is 0.571. The highest BCUT2D eigenvalue weighted by Gasteiger charge is 2.64. The number of aromatic nitrogens is 1. The number of hydrogen-bond donors (Lipinski definition) is 4. The maximum absolute atomic E-state index is 14.3. The van der Waals surface area contributed by atoms with Gasteiger partial charge in [-0.15, -0.1) is 0 Å². The summed E-state index contributed by atoms with van der Waals surface area (Å²) in [4.78, 5) is 60.1. The predicted octanol–water partition coefficient (Wildman–Crippen LogP) is 3.72. The van der Waals surface area contributed by atoms with Crippen molar-refractivity contribution in [2.24, 2.45) is 17.8 Å². The normalized spacial score (nSPS) is 30.2. The lowest BCUT2D eigenvalue weighted by atomic mass is 9.88. The molecule has 0 radical (unpaired) electrons. The third kappa shape index (κ3) is 7.36. The van der Waals surface area contributed by atoms with Gasteiger partial charge in [0.15, 0.2) is 0 Å². The average Bonchev–Trinajstić information content (AvgIpc) is 3.99. The lowest BCUT2D eigenvalue weighted by molar-refractivity contribution is -0.142. The van der Waals surface area contributed by atoms with Crippen LogP contribution in [0.3, 0.4) is 0 Å². The fourth-order valence-corrected chi connectivity index (χ4v) is 9.06. The van der Waals surface area contributed by atoms with E-state index in [9.17, 15) is 37.1 Å². The number of carbonyl (C=O) groups excluding carboxylic acids is 3. The number of alkyl halides is 1. The van der Waals surface area contributed by atoms with Gasteiger partial charge in [0.2, 0.25) is 27.7 Å². The van der Waals surface area contributed by atoms with Crippen LogP contribution >= 0.6 is 11.6 Å². The fourth-order valence-electron chi connectivity index (χ4n) is 7.38. The third-order valence-electron chi connectivity index (χ3n) is 10.8. The molecule has 1 aromatic heterocycles. The van der Waals surface area contributed by atoms with Crippen LogP contribution in [0.1, 0.15) is 58.8 Å². The average molecular weight is 764 g/mol. The Labute approximate surface area is 305 Å². The highest BCUT2D eigenvalue weighted by Crippen LogP contribution is 2.48. The van der Waals surface area contributed by atoms with Gasteiger partial charge in [-0.1, -0.05) is 37.6 Å². The Bertz CT molecular complexity index is 1910. The van der Waals surface area contributed by atoms with Gasteiger partial charge in [-0.3, -0.25) is 19.1 Å². The van der Waals surface area contributed by atoms with Gasteiger partial charge in [-0.2, -0.15) is 0 Å². The lowest BCUT2D eigenvalue weighted by Crippen LogP contribution is -2.59. The number of halogens is 2. The van der Waals surface area contributed by atoms with E-state index in [2.05, 4.69) is 15.6 Å². The molecule has 1 saturated heterocycles. The van der Waals surface area contributed by atoms with E-state index in [1.807, 2.05) is 17.7 Å². The minimum absolute atomic E-state index is 0.0704. The lowest BCUT2D eigenvalue weighted by Gasteiger charge is -2.32. The van der Waals surface area contributed by atoms with E-state index in [0.29, 0.717) is 40.9 Å². The van der Waals surface area contributed by atoms with E-state index in [-0.39, 0.29) is 44.0 Å². The molecule has 2 aliphatic carbocycles. The van der Waals surface area contributed by atoms with E-state index in [1.54, 1.807) is 31.2 Å². The number of amides is 4. The van der Waals surface area contributed by atoms with Gasteiger partial charge in [0.25, 0.3) is 5.91 Å². The number of ether oxygens (including phenoxy) is 2. The molecule has 6 rings (SSSR count). The first kappa shape index (κ1) is 37.6. The summed E-state index contributed by atoms with van der Waals surface area (Å²) in [7, 11) is -2.88. The largest absolute Gasteiger partial charge is 0.497 e. The number of nitrogens with one attached hydrogen (secondary N) is 3. The Morgan fingerprint density at radius 2 is 1.94 bits per heavy atom. The van der Waals surface area contributed by atoms with Crippen LogP contribution in [0, 0.1) is 17.8 Å². The molecule has 4 aliphatic rings. The van der Waals surface area contributed by atoms with Crippen molar-refractivity contribution >= 4 is 56.3 Å². The summed E-state index contributed by atoms with van der Waals surface area (Å²) in [6, 6.07) is 4.23. The van der Waals surface area contributed by atoms with Gasteiger partial charge >= 0.3 is 6.09 Å². The summed E-state index contributed by atoms with van der Waals surface area (Å²) in [6.45, 7) is 2.48. The van der Waals surface area contributed by atoms with Crippen molar-refractivity contribution < 1.29 is 46.6 Å². The Morgan fingerprint density at radius 3 is 2.62 bits per heavy atom. The second-order valence-electron chi connectivity index (χ2n) is 14.6. The van der Waals surface area contributed by atoms with Crippen molar-refractivity contribution in [1.29, 1.82) is 0 Å². The van der Waals surface area contributed by atoms with Crippen LogP contribution in [0.2, 0.25) is 5.02 Å². The molecular weight excluding hydrogens is 721 g/mol. The Kier molecular flexibility index (Phi) is 10.4. The van der Waals surface area contributed by atoms with E-state index in [4.69, 9.17) is 21.1 Å². The van der Waals surface area contributed by atoms with Crippen LogP contribution < -0.4 is 24.8 Å². The maximum atomic E-state index is 14.3. The molecule has 3 fully saturated rings. The summed E-state index contributed by atoms with van der Waals surface area (Å²) >= 11 is 6.55. The summed E-state index contributed by atoms with van der Waals surface area (Å²) in [5.74, 6) is -2.67. The standard InChI is InChI=1S/C35H43ClFN5O9S/c1-19-6-4-5-7-21-16-35(21,32(45)41-52(48,49)34(18-37)10-11-34)40-30(43)27-14-23(17-42(27)31(44)29(20(2)12-19)39-33(46)47)51-28-15-25(36)24-9-8-22(50-3)13-26(24)38-28/h5,7-9,13,15,19-21,23,27,29,39H,4,6,10-12,14,16-18H2,1-3H3,(H,40,43)(H,41,45)(H,46,47)/t19-,20-,21-,23-,27+,29+,35-/m1/s1. The summed E-state index contributed by atoms with van der Waals surface area (Å²) in [5, 5.41) is 15.8. The zero-order chi connectivity index (χ0) is 37.6.